The van der Waals surface area contributed by atoms with E-state index in [0.29, 0.717) is 5.76 Å². The fourth-order valence-electron chi connectivity index (χ4n) is 3.13. The van der Waals surface area contributed by atoms with Crippen LogP contribution in [0.5, 0.6) is 5.75 Å². The molecule has 1 saturated heterocycles. The third-order valence-electron chi connectivity index (χ3n) is 4.44. The number of benzene rings is 1. The third-order valence-corrected chi connectivity index (χ3v) is 8.61. The molecule has 7 nitrogen and oxygen atoms in total. The SMILES string of the molecule is COc1ccc(C)cc1S(=O)(=O)[C@H]1CS(=O)(=O)C[C@H]1NCc1ccco1. The molecular weight excluding hydrogens is 378 g/mol. The lowest BCUT2D eigenvalue weighted by Crippen LogP contribution is -2.43. The highest BCUT2D eigenvalue weighted by atomic mass is 32.2. The Bertz CT molecular complexity index is 980. The van der Waals surface area contributed by atoms with Crippen molar-refractivity contribution in [3.63, 3.8) is 0 Å². The molecule has 0 unspecified atom stereocenters. The second-order valence-electron chi connectivity index (χ2n) is 6.38. The summed E-state index contributed by atoms with van der Waals surface area (Å²) in [5, 5.41) is 1.94. The Hall–Kier alpha value is -1.84. The van der Waals surface area contributed by atoms with Crippen LogP contribution in [-0.4, -0.2) is 46.7 Å². The molecular formula is C17H21NO6S2. The van der Waals surface area contributed by atoms with Crippen molar-refractivity contribution in [3.05, 3.63) is 47.9 Å². The molecule has 2 heterocycles. The zero-order valence-electron chi connectivity index (χ0n) is 14.5. The molecule has 0 saturated carbocycles. The number of rotatable bonds is 6. The molecule has 1 aromatic heterocycles. The number of aryl methyl sites for hydroxylation is 1. The Morgan fingerprint density at radius 1 is 1.27 bits per heavy atom. The fourth-order valence-corrected chi connectivity index (χ4v) is 8.09. The van der Waals surface area contributed by atoms with Gasteiger partial charge in [-0.2, -0.15) is 0 Å². The Morgan fingerprint density at radius 2 is 2.04 bits per heavy atom. The van der Waals surface area contributed by atoms with Crippen LogP contribution in [-0.2, 0) is 26.2 Å². The molecule has 1 N–H and O–H groups in total. The van der Waals surface area contributed by atoms with E-state index in [4.69, 9.17) is 9.15 Å². The number of hydrogen-bond acceptors (Lipinski definition) is 7. The van der Waals surface area contributed by atoms with Crippen molar-refractivity contribution >= 4 is 19.7 Å². The first-order valence-corrected chi connectivity index (χ1v) is 11.4. The standard InChI is InChI=1S/C17H21NO6S2/c1-12-5-6-15(23-2)16(8-12)26(21,22)17-11-25(19,20)10-14(17)18-9-13-4-3-7-24-13/h3-8,14,17-18H,9-11H2,1-2H3/t14-,17+/m1/s1. The molecule has 0 bridgehead atoms. The van der Waals surface area contributed by atoms with Gasteiger partial charge in [0, 0.05) is 6.04 Å². The summed E-state index contributed by atoms with van der Waals surface area (Å²) in [6, 6.07) is 7.58. The van der Waals surface area contributed by atoms with Gasteiger partial charge in [-0.3, -0.25) is 0 Å². The number of nitrogens with one attached hydrogen (secondary N) is 1. The van der Waals surface area contributed by atoms with Crippen LogP contribution in [0.1, 0.15) is 11.3 Å². The molecule has 2 atom stereocenters. The van der Waals surface area contributed by atoms with Gasteiger partial charge in [0.2, 0.25) is 0 Å². The van der Waals surface area contributed by atoms with Gasteiger partial charge in [0.15, 0.2) is 19.7 Å². The van der Waals surface area contributed by atoms with Crippen LogP contribution in [0.25, 0.3) is 0 Å². The first kappa shape index (κ1) is 18.9. The largest absolute Gasteiger partial charge is 0.495 e. The Balaban J connectivity index is 1.94. The van der Waals surface area contributed by atoms with E-state index in [-0.39, 0.29) is 22.9 Å². The molecule has 0 amide bonds. The van der Waals surface area contributed by atoms with E-state index in [9.17, 15) is 16.8 Å². The fraction of sp³-hybridized carbons (Fsp3) is 0.412. The molecule has 2 aromatic rings. The van der Waals surface area contributed by atoms with Gasteiger partial charge in [0.05, 0.1) is 36.7 Å². The molecule has 1 aliphatic rings. The lowest BCUT2D eigenvalue weighted by atomic mass is 10.2. The van der Waals surface area contributed by atoms with Crippen LogP contribution in [0.4, 0.5) is 0 Å². The topological polar surface area (TPSA) is 103 Å². The molecule has 3 rings (SSSR count). The molecule has 142 valence electrons. The second-order valence-corrected chi connectivity index (χ2v) is 10.7. The quantitative estimate of drug-likeness (QED) is 0.781. The lowest BCUT2D eigenvalue weighted by molar-refractivity contribution is 0.401. The third kappa shape index (κ3) is 3.79. The minimum absolute atomic E-state index is 0.0203. The van der Waals surface area contributed by atoms with Crippen molar-refractivity contribution < 1.29 is 26.0 Å². The number of sulfone groups is 2. The van der Waals surface area contributed by atoms with Crippen molar-refractivity contribution in [1.82, 2.24) is 5.32 Å². The van der Waals surface area contributed by atoms with Gasteiger partial charge >= 0.3 is 0 Å². The van der Waals surface area contributed by atoms with E-state index in [0.717, 1.165) is 5.56 Å². The predicted octanol–water partition coefficient (Wildman–Crippen LogP) is 1.33. The van der Waals surface area contributed by atoms with Crippen molar-refractivity contribution in [2.45, 2.75) is 29.7 Å². The maximum atomic E-state index is 13.2. The van der Waals surface area contributed by atoms with Crippen molar-refractivity contribution in [1.29, 1.82) is 0 Å². The van der Waals surface area contributed by atoms with E-state index in [2.05, 4.69) is 5.32 Å². The monoisotopic (exact) mass is 399 g/mol. The summed E-state index contributed by atoms with van der Waals surface area (Å²) >= 11 is 0. The highest BCUT2D eigenvalue weighted by Crippen LogP contribution is 2.32. The number of hydrogen-bond donors (Lipinski definition) is 1. The summed E-state index contributed by atoms with van der Waals surface area (Å²) in [4.78, 5) is 0.0203. The van der Waals surface area contributed by atoms with E-state index in [1.165, 1.54) is 19.4 Å². The van der Waals surface area contributed by atoms with Crippen LogP contribution in [0.2, 0.25) is 0 Å². The van der Waals surface area contributed by atoms with E-state index >= 15 is 0 Å². The zero-order chi connectivity index (χ0) is 18.9. The molecule has 1 fully saturated rings. The average molecular weight is 399 g/mol. The Kier molecular flexibility index (Phi) is 5.14. The molecule has 26 heavy (non-hydrogen) atoms. The van der Waals surface area contributed by atoms with Gasteiger partial charge in [0.1, 0.15) is 16.4 Å². The van der Waals surface area contributed by atoms with Gasteiger partial charge in [-0.15, -0.1) is 0 Å². The van der Waals surface area contributed by atoms with Crippen LogP contribution < -0.4 is 10.1 Å². The maximum absolute atomic E-state index is 13.2. The number of ether oxygens (including phenoxy) is 1. The first-order valence-electron chi connectivity index (χ1n) is 8.08. The van der Waals surface area contributed by atoms with Gasteiger partial charge in [-0.25, -0.2) is 16.8 Å². The summed E-state index contributed by atoms with van der Waals surface area (Å²) in [6.07, 6.45) is 1.51. The normalized spacial score (nSPS) is 22.4. The smallest absolute Gasteiger partial charge is 0.187 e. The lowest BCUT2D eigenvalue weighted by Gasteiger charge is -2.21. The summed E-state index contributed by atoms with van der Waals surface area (Å²) in [6.45, 7) is 2.03. The van der Waals surface area contributed by atoms with E-state index in [1.807, 2.05) is 0 Å². The van der Waals surface area contributed by atoms with Gasteiger partial charge in [-0.1, -0.05) is 6.07 Å². The highest BCUT2D eigenvalue weighted by molar-refractivity contribution is 7.96. The van der Waals surface area contributed by atoms with Gasteiger partial charge < -0.3 is 14.5 Å². The molecule has 0 spiro atoms. The van der Waals surface area contributed by atoms with Crippen LogP contribution in [0, 0.1) is 6.92 Å². The minimum atomic E-state index is -3.91. The number of methoxy groups -OCH3 is 1. The van der Waals surface area contributed by atoms with Crippen LogP contribution >= 0.6 is 0 Å². The Labute approximate surface area is 153 Å². The molecule has 9 heteroatoms. The number of furan rings is 1. The second kappa shape index (κ2) is 7.05. The predicted molar refractivity (Wildman–Crippen MR) is 96.7 cm³/mol. The summed E-state index contributed by atoms with van der Waals surface area (Å²) in [7, 11) is -5.99. The molecule has 1 aromatic carbocycles. The van der Waals surface area contributed by atoms with E-state index < -0.39 is 36.7 Å². The van der Waals surface area contributed by atoms with E-state index in [1.54, 1.807) is 31.2 Å². The molecule has 0 radical (unpaired) electrons. The maximum Gasteiger partial charge on any atom is 0.187 e. The van der Waals surface area contributed by atoms with Crippen molar-refractivity contribution in [2.75, 3.05) is 18.6 Å². The first-order chi connectivity index (χ1) is 12.2. The average Bonchev–Trinajstić information content (AvgIpc) is 3.20. The van der Waals surface area contributed by atoms with Crippen LogP contribution in [0.15, 0.2) is 45.9 Å². The van der Waals surface area contributed by atoms with Gasteiger partial charge in [-0.05, 0) is 36.8 Å². The minimum Gasteiger partial charge on any atom is -0.495 e. The molecule has 1 aliphatic heterocycles. The molecule has 0 aliphatic carbocycles. The highest BCUT2D eigenvalue weighted by Gasteiger charge is 2.46. The Morgan fingerprint density at radius 3 is 2.69 bits per heavy atom. The summed E-state index contributed by atoms with van der Waals surface area (Å²) < 4.78 is 61.2. The van der Waals surface area contributed by atoms with Gasteiger partial charge in [0.25, 0.3) is 0 Å². The van der Waals surface area contributed by atoms with Crippen molar-refractivity contribution in [2.24, 2.45) is 0 Å². The summed E-state index contributed by atoms with van der Waals surface area (Å²) in [5.74, 6) is 0.178. The van der Waals surface area contributed by atoms with Crippen LogP contribution in [0.3, 0.4) is 0 Å². The van der Waals surface area contributed by atoms with Crippen molar-refractivity contribution in [3.8, 4) is 5.75 Å². The summed E-state index contributed by atoms with van der Waals surface area (Å²) in [5.41, 5.74) is 0.755. The zero-order valence-corrected chi connectivity index (χ0v) is 16.1.